The van der Waals surface area contributed by atoms with E-state index in [4.69, 9.17) is 11.6 Å². The van der Waals surface area contributed by atoms with Crippen LogP contribution in [0.1, 0.15) is 48.6 Å². The molecular formula is C32H30ClFN6O3. The zero-order chi connectivity index (χ0) is 30.4. The Hall–Kier alpha value is -4.44. The largest absolute Gasteiger partial charge is 0.348 e. The second-order valence-electron chi connectivity index (χ2n) is 11.2. The van der Waals surface area contributed by atoms with Gasteiger partial charge in [0, 0.05) is 41.3 Å². The van der Waals surface area contributed by atoms with E-state index in [-0.39, 0.29) is 42.4 Å². The third kappa shape index (κ3) is 5.54. The van der Waals surface area contributed by atoms with E-state index in [1.54, 1.807) is 55.4 Å². The number of halogens is 2. The number of carbonyl (C=O) groups is 3. The Balaban J connectivity index is 1.20. The number of Topliss-reactive ketones (excluding diaryl/α,β-unsaturated/α-hetero) is 1. The minimum Gasteiger partial charge on any atom is -0.348 e. The topological polar surface area (TPSA) is 110 Å². The molecule has 0 radical (unpaired) electrons. The number of hydrogen-bond donors (Lipinski definition) is 1. The zero-order valence-electron chi connectivity index (χ0n) is 24.0. The Labute approximate surface area is 252 Å². The van der Waals surface area contributed by atoms with Crippen molar-refractivity contribution in [2.45, 2.75) is 52.2 Å². The Morgan fingerprint density at radius 2 is 1.79 bits per heavy atom. The normalized spacial score (nSPS) is 19.7. The number of rotatable bonds is 8. The minimum atomic E-state index is -0.702. The molecule has 2 aliphatic rings. The van der Waals surface area contributed by atoms with Crippen LogP contribution in [0.2, 0.25) is 5.02 Å². The van der Waals surface area contributed by atoms with Gasteiger partial charge in [0.25, 0.3) is 0 Å². The SMILES string of the molecule is CC(=O)c1nn(CC(=O)N2[C@@H]3C[C@@H]3C[C@H]2C(=O)NC/C(F)=C(\C)c2ccccc2Cl)c2ccc(-c3cnc(C)nc3)cc12. The van der Waals surface area contributed by atoms with Crippen LogP contribution in [0.25, 0.3) is 27.6 Å². The molecule has 1 saturated heterocycles. The molecule has 1 aliphatic carbocycles. The lowest BCUT2D eigenvalue weighted by Gasteiger charge is -2.27. The number of amides is 2. The highest BCUT2D eigenvalue weighted by molar-refractivity contribution is 6.32. The van der Waals surface area contributed by atoms with Crippen molar-refractivity contribution in [1.82, 2.24) is 30.0 Å². The Morgan fingerprint density at radius 3 is 2.51 bits per heavy atom. The summed E-state index contributed by atoms with van der Waals surface area (Å²) in [5.41, 5.74) is 3.41. The van der Waals surface area contributed by atoms with E-state index in [0.717, 1.165) is 17.5 Å². The molecule has 2 fully saturated rings. The zero-order valence-corrected chi connectivity index (χ0v) is 24.7. The van der Waals surface area contributed by atoms with Crippen molar-refractivity contribution in [3.05, 3.63) is 82.8 Å². The number of ketones is 1. The van der Waals surface area contributed by atoms with Gasteiger partial charge in [0.05, 0.1) is 12.1 Å². The number of carbonyl (C=O) groups excluding carboxylic acids is 3. The molecule has 1 saturated carbocycles. The first kappa shape index (κ1) is 28.7. The van der Waals surface area contributed by atoms with Crippen LogP contribution in [0, 0.1) is 12.8 Å². The predicted molar refractivity (Wildman–Crippen MR) is 161 cm³/mol. The molecule has 0 spiro atoms. The van der Waals surface area contributed by atoms with Gasteiger partial charge in [0.2, 0.25) is 11.8 Å². The van der Waals surface area contributed by atoms with Crippen LogP contribution >= 0.6 is 11.6 Å². The van der Waals surface area contributed by atoms with Gasteiger partial charge in [0.15, 0.2) is 5.78 Å². The van der Waals surface area contributed by atoms with Crippen LogP contribution in [0.15, 0.2) is 60.7 Å². The van der Waals surface area contributed by atoms with E-state index in [0.29, 0.717) is 39.3 Å². The molecule has 6 rings (SSSR count). The van der Waals surface area contributed by atoms with Crippen LogP contribution in [-0.2, 0) is 16.1 Å². The summed E-state index contributed by atoms with van der Waals surface area (Å²) >= 11 is 6.20. The predicted octanol–water partition coefficient (Wildman–Crippen LogP) is 5.16. The van der Waals surface area contributed by atoms with E-state index in [1.165, 1.54) is 11.6 Å². The summed E-state index contributed by atoms with van der Waals surface area (Å²) in [6, 6.07) is 11.7. The molecule has 9 nitrogen and oxygen atoms in total. The molecule has 2 aromatic carbocycles. The summed E-state index contributed by atoms with van der Waals surface area (Å²) in [5, 5.41) is 8.21. The summed E-state index contributed by atoms with van der Waals surface area (Å²) in [5.74, 6) is -0.506. The van der Waals surface area contributed by atoms with E-state index < -0.39 is 17.8 Å². The van der Waals surface area contributed by atoms with Gasteiger partial charge in [-0.15, -0.1) is 0 Å². The first-order valence-corrected chi connectivity index (χ1v) is 14.5. The Bertz CT molecular complexity index is 1800. The monoisotopic (exact) mass is 600 g/mol. The summed E-state index contributed by atoms with van der Waals surface area (Å²) in [7, 11) is 0. The van der Waals surface area contributed by atoms with Gasteiger partial charge in [-0.3, -0.25) is 19.1 Å². The third-order valence-corrected chi connectivity index (χ3v) is 8.61. The molecule has 220 valence electrons. The number of aryl methyl sites for hydroxylation is 1. The molecule has 2 amide bonds. The average molecular weight is 601 g/mol. The van der Waals surface area contributed by atoms with Crippen LogP contribution in [-0.4, -0.2) is 60.9 Å². The van der Waals surface area contributed by atoms with Crippen molar-refractivity contribution >= 4 is 45.7 Å². The smallest absolute Gasteiger partial charge is 0.245 e. The molecule has 11 heteroatoms. The molecule has 3 heterocycles. The molecule has 43 heavy (non-hydrogen) atoms. The molecule has 4 aromatic rings. The molecule has 1 aliphatic heterocycles. The van der Waals surface area contributed by atoms with Gasteiger partial charge in [-0.1, -0.05) is 35.9 Å². The van der Waals surface area contributed by atoms with E-state index in [1.807, 2.05) is 18.2 Å². The third-order valence-electron chi connectivity index (χ3n) is 8.28. The minimum absolute atomic E-state index is 0.0317. The average Bonchev–Trinajstić information content (AvgIpc) is 3.50. The second kappa shape index (κ2) is 11.3. The highest BCUT2D eigenvalue weighted by Crippen LogP contribution is 2.48. The first-order chi connectivity index (χ1) is 20.6. The van der Waals surface area contributed by atoms with E-state index in [2.05, 4.69) is 20.4 Å². The van der Waals surface area contributed by atoms with Crippen molar-refractivity contribution in [2.24, 2.45) is 5.92 Å². The lowest BCUT2D eigenvalue weighted by molar-refractivity contribution is -0.140. The van der Waals surface area contributed by atoms with Crippen molar-refractivity contribution in [1.29, 1.82) is 0 Å². The van der Waals surface area contributed by atoms with Crippen molar-refractivity contribution in [3.63, 3.8) is 0 Å². The molecule has 0 bridgehead atoms. The van der Waals surface area contributed by atoms with Crippen LogP contribution < -0.4 is 5.32 Å². The summed E-state index contributed by atoms with van der Waals surface area (Å²) in [4.78, 5) is 49.5. The summed E-state index contributed by atoms with van der Waals surface area (Å²) < 4.78 is 16.5. The van der Waals surface area contributed by atoms with Crippen LogP contribution in [0.4, 0.5) is 4.39 Å². The molecule has 0 unspecified atom stereocenters. The summed E-state index contributed by atoms with van der Waals surface area (Å²) in [6.07, 6.45) is 4.79. The number of aromatic nitrogens is 4. The number of allylic oxidation sites excluding steroid dienone is 1. The second-order valence-corrected chi connectivity index (χ2v) is 11.6. The highest BCUT2D eigenvalue weighted by Gasteiger charge is 2.56. The van der Waals surface area contributed by atoms with Gasteiger partial charge in [-0.25, -0.2) is 14.4 Å². The maximum absolute atomic E-state index is 15.0. The van der Waals surface area contributed by atoms with E-state index in [9.17, 15) is 18.8 Å². The van der Waals surface area contributed by atoms with Crippen LogP contribution in [0.5, 0.6) is 0 Å². The number of benzene rings is 2. The lowest BCUT2D eigenvalue weighted by atomic mass is 10.0. The number of nitrogens with one attached hydrogen (secondary N) is 1. The highest BCUT2D eigenvalue weighted by atomic mass is 35.5. The van der Waals surface area contributed by atoms with Crippen LogP contribution in [0.3, 0.4) is 0 Å². The standard InChI is InChI=1S/C32H30ClFN6O3/c1-17(23-6-4-5-7-25(23)33)26(34)15-37-32(43)29-12-21-11-28(21)40(29)30(42)16-39-27-9-8-20(22-13-35-19(3)36-14-22)10-24(27)31(38-39)18(2)41/h4-10,13-14,21,28-29H,11-12,15-16H2,1-3H3,(H,37,43)/b26-17-/t21-,28-,29+/m1/s1. The molecule has 3 atom stereocenters. The Morgan fingerprint density at radius 1 is 1.05 bits per heavy atom. The van der Waals surface area contributed by atoms with E-state index >= 15 is 0 Å². The molecule has 2 aromatic heterocycles. The lowest BCUT2D eigenvalue weighted by Crippen LogP contribution is -2.49. The van der Waals surface area contributed by atoms with Gasteiger partial charge in [0.1, 0.15) is 29.9 Å². The first-order valence-electron chi connectivity index (χ1n) is 14.1. The molecular weight excluding hydrogens is 571 g/mol. The van der Waals surface area contributed by atoms with Gasteiger partial charge >= 0.3 is 0 Å². The Kier molecular flexibility index (Phi) is 7.56. The number of hydrogen-bond acceptors (Lipinski definition) is 6. The van der Waals surface area contributed by atoms with Crippen molar-refractivity contribution in [2.75, 3.05) is 6.54 Å². The van der Waals surface area contributed by atoms with Gasteiger partial charge in [-0.05, 0) is 67.5 Å². The maximum atomic E-state index is 15.0. The van der Waals surface area contributed by atoms with Gasteiger partial charge in [-0.2, -0.15) is 5.10 Å². The fourth-order valence-electron chi connectivity index (χ4n) is 5.87. The fourth-order valence-corrected chi connectivity index (χ4v) is 6.14. The van der Waals surface area contributed by atoms with Crippen molar-refractivity contribution < 1.29 is 18.8 Å². The number of fused-ring (bicyclic) bond motifs is 2. The molecule has 1 N–H and O–H groups in total. The van der Waals surface area contributed by atoms with Crippen molar-refractivity contribution in [3.8, 4) is 11.1 Å². The maximum Gasteiger partial charge on any atom is 0.245 e. The number of nitrogens with zero attached hydrogens (tertiary/aromatic N) is 5. The summed E-state index contributed by atoms with van der Waals surface area (Å²) in [6.45, 7) is 4.42. The number of likely N-dealkylation sites (tertiary alicyclic amines) is 1. The fraction of sp³-hybridized carbons (Fsp3) is 0.312. The van der Waals surface area contributed by atoms with Gasteiger partial charge < -0.3 is 10.2 Å². The quantitative estimate of drug-likeness (QED) is 0.280. The number of piperidine rings is 1.